The maximum atomic E-state index is 11.6. The van der Waals surface area contributed by atoms with E-state index in [1.165, 1.54) is 7.11 Å². The lowest BCUT2D eigenvalue weighted by Gasteiger charge is -2.05. The lowest BCUT2D eigenvalue weighted by Crippen LogP contribution is -2.00. The molecule has 0 aliphatic rings. The minimum Gasteiger partial charge on any atom is -0.465 e. The van der Waals surface area contributed by atoms with Gasteiger partial charge >= 0.3 is 5.97 Å². The number of para-hydroxylation sites is 1. The maximum absolute atomic E-state index is 11.6. The number of ether oxygens (including phenoxy) is 1. The van der Waals surface area contributed by atoms with Crippen molar-refractivity contribution in [1.29, 1.82) is 0 Å². The first-order valence-corrected chi connectivity index (χ1v) is 8.11. The minimum absolute atomic E-state index is 0.383. The number of benzene rings is 1. The average Bonchev–Trinajstić information content (AvgIpc) is 2.92. The van der Waals surface area contributed by atoms with E-state index >= 15 is 0 Å². The molecule has 23 heavy (non-hydrogen) atoms. The van der Waals surface area contributed by atoms with Crippen LogP contribution in [0.2, 0.25) is 0 Å². The first-order chi connectivity index (χ1) is 11.1. The van der Waals surface area contributed by atoms with Crippen LogP contribution in [0.4, 0.5) is 0 Å². The zero-order chi connectivity index (χ0) is 16.4. The molecule has 3 rings (SSSR count). The van der Waals surface area contributed by atoms with E-state index in [2.05, 4.69) is 9.97 Å². The molecule has 0 bridgehead atoms. The van der Waals surface area contributed by atoms with Crippen molar-refractivity contribution in [2.75, 3.05) is 7.11 Å². The molecule has 0 unspecified atom stereocenters. The number of aryl methyl sites for hydroxylation is 2. The van der Waals surface area contributed by atoms with Crippen molar-refractivity contribution in [2.24, 2.45) is 0 Å². The predicted octanol–water partition coefficient (Wildman–Crippen LogP) is 3.92. The Morgan fingerprint density at radius 1 is 1.26 bits per heavy atom. The van der Waals surface area contributed by atoms with Crippen molar-refractivity contribution < 1.29 is 13.9 Å². The van der Waals surface area contributed by atoms with E-state index in [0.29, 0.717) is 22.8 Å². The van der Waals surface area contributed by atoms with E-state index in [-0.39, 0.29) is 5.97 Å². The van der Waals surface area contributed by atoms with Crippen LogP contribution in [0.25, 0.3) is 10.9 Å². The number of nitrogens with zero attached hydrogens (tertiary/aromatic N) is 2. The number of aromatic nitrogens is 2. The number of methoxy groups -OCH3 is 1. The second-order valence-corrected chi connectivity index (χ2v) is 6.02. The first-order valence-electron chi connectivity index (χ1n) is 7.12. The van der Waals surface area contributed by atoms with Gasteiger partial charge in [0.25, 0.3) is 0 Å². The third-order valence-electron chi connectivity index (χ3n) is 3.41. The fourth-order valence-corrected chi connectivity index (χ4v) is 3.28. The molecule has 0 spiro atoms. The summed E-state index contributed by atoms with van der Waals surface area (Å²) in [5, 5.41) is 1.92. The molecular weight excluding hydrogens is 312 g/mol. The lowest BCUT2D eigenvalue weighted by molar-refractivity contribution is 0.0599. The van der Waals surface area contributed by atoms with Crippen LogP contribution in [0.3, 0.4) is 0 Å². The number of thioether (sulfide) groups is 1. The van der Waals surface area contributed by atoms with Crippen LogP contribution in [0, 0.1) is 13.8 Å². The van der Waals surface area contributed by atoms with Crippen LogP contribution in [-0.2, 0) is 10.5 Å². The van der Waals surface area contributed by atoms with Crippen molar-refractivity contribution in [3.05, 3.63) is 53.2 Å². The normalized spacial score (nSPS) is 10.9. The third kappa shape index (κ3) is 3.22. The first kappa shape index (κ1) is 15.6. The van der Waals surface area contributed by atoms with E-state index in [9.17, 15) is 4.79 Å². The van der Waals surface area contributed by atoms with Gasteiger partial charge in [-0.05, 0) is 26.0 Å². The van der Waals surface area contributed by atoms with Crippen LogP contribution < -0.4 is 0 Å². The van der Waals surface area contributed by atoms with Crippen molar-refractivity contribution in [2.45, 2.75) is 24.6 Å². The SMILES string of the molecule is COC(=O)c1cc(CSc2nc(C)nc3ccccc23)oc1C. The zero-order valence-electron chi connectivity index (χ0n) is 13.1. The minimum atomic E-state index is -0.383. The number of carbonyl (C=O) groups is 1. The molecule has 0 atom stereocenters. The highest BCUT2D eigenvalue weighted by molar-refractivity contribution is 7.98. The van der Waals surface area contributed by atoms with Gasteiger partial charge in [-0.2, -0.15) is 0 Å². The van der Waals surface area contributed by atoms with E-state index in [1.54, 1.807) is 24.8 Å². The molecule has 0 aliphatic heterocycles. The average molecular weight is 328 g/mol. The molecule has 2 aromatic heterocycles. The lowest BCUT2D eigenvalue weighted by atomic mass is 10.2. The highest BCUT2D eigenvalue weighted by atomic mass is 32.2. The van der Waals surface area contributed by atoms with E-state index < -0.39 is 0 Å². The summed E-state index contributed by atoms with van der Waals surface area (Å²) in [6.07, 6.45) is 0. The molecule has 0 radical (unpaired) electrons. The number of rotatable bonds is 4. The van der Waals surface area contributed by atoms with Crippen molar-refractivity contribution in [3.63, 3.8) is 0 Å². The van der Waals surface area contributed by atoms with Gasteiger partial charge in [0, 0.05) is 5.39 Å². The summed E-state index contributed by atoms with van der Waals surface area (Å²) in [4.78, 5) is 20.6. The summed E-state index contributed by atoms with van der Waals surface area (Å²) in [6.45, 7) is 3.63. The van der Waals surface area contributed by atoms with Gasteiger partial charge in [-0.1, -0.05) is 30.0 Å². The quantitative estimate of drug-likeness (QED) is 0.411. The number of esters is 1. The van der Waals surface area contributed by atoms with Crippen molar-refractivity contribution in [3.8, 4) is 0 Å². The second kappa shape index (κ2) is 6.42. The van der Waals surface area contributed by atoms with Gasteiger partial charge in [0.1, 0.15) is 27.9 Å². The van der Waals surface area contributed by atoms with Gasteiger partial charge in [0.2, 0.25) is 0 Å². The summed E-state index contributed by atoms with van der Waals surface area (Å²) >= 11 is 1.56. The van der Waals surface area contributed by atoms with Gasteiger partial charge in [-0.15, -0.1) is 0 Å². The van der Waals surface area contributed by atoms with Gasteiger partial charge in [0.05, 0.1) is 18.4 Å². The van der Waals surface area contributed by atoms with Crippen molar-refractivity contribution >= 4 is 28.6 Å². The molecule has 0 amide bonds. The van der Waals surface area contributed by atoms with Crippen LogP contribution in [0.5, 0.6) is 0 Å². The molecule has 0 N–H and O–H groups in total. The number of furan rings is 1. The fraction of sp³-hybridized carbons (Fsp3) is 0.235. The summed E-state index contributed by atoms with van der Waals surface area (Å²) in [6, 6.07) is 9.63. The molecule has 0 saturated heterocycles. The topological polar surface area (TPSA) is 65.2 Å². The van der Waals surface area contributed by atoms with E-state index in [0.717, 1.165) is 21.8 Å². The highest BCUT2D eigenvalue weighted by Crippen LogP contribution is 2.29. The number of hydrogen-bond donors (Lipinski definition) is 0. The van der Waals surface area contributed by atoms with Crippen LogP contribution in [-0.4, -0.2) is 23.0 Å². The molecular formula is C17H16N2O3S. The Hall–Kier alpha value is -2.34. The van der Waals surface area contributed by atoms with E-state index in [1.807, 2.05) is 31.2 Å². The summed E-state index contributed by atoms with van der Waals surface area (Å²) in [7, 11) is 1.36. The van der Waals surface area contributed by atoms with Gasteiger partial charge in [0.15, 0.2) is 0 Å². The van der Waals surface area contributed by atoms with E-state index in [4.69, 9.17) is 9.15 Å². The molecule has 2 heterocycles. The smallest absolute Gasteiger partial charge is 0.341 e. The molecule has 1 aromatic carbocycles. The Balaban J connectivity index is 1.85. The highest BCUT2D eigenvalue weighted by Gasteiger charge is 2.16. The van der Waals surface area contributed by atoms with Crippen LogP contribution in [0.1, 0.15) is 27.7 Å². The third-order valence-corrected chi connectivity index (χ3v) is 4.42. The predicted molar refractivity (Wildman–Crippen MR) is 88.6 cm³/mol. The Kier molecular flexibility index (Phi) is 4.34. The zero-order valence-corrected chi connectivity index (χ0v) is 13.9. The van der Waals surface area contributed by atoms with Gasteiger partial charge in [-0.3, -0.25) is 0 Å². The standard InChI is InChI=1S/C17H16N2O3S/c1-10-14(17(20)21-3)8-12(22-10)9-23-16-13-6-4-5-7-15(13)18-11(2)19-16/h4-8H,9H2,1-3H3. The van der Waals surface area contributed by atoms with Crippen LogP contribution >= 0.6 is 11.8 Å². The molecule has 0 saturated carbocycles. The summed E-state index contributed by atoms with van der Waals surface area (Å²) < 4.78 is 10.4. The number of hydrogen-bond acceptors (Lipinski definition) is 6. The Morgan fingerprint density at radius 3 is 2.83 bits per heavy atom. The Labute approximate surface area is 138 Å². The second-order valence-electron chi connectivity index (χ2n) is 5.06. The van der Waals surface area contributed by atoms with Gasteiger partial charge in [-0.25, -0.2) is 14.8 Å². The van der Waals surface area contributed by atoms with Crippen molar-refractivity contribution in [1.82, 2.24) is 9.97 Å². The maximum Gasteiger partial charge on any atom is 0.341 e. The molecule has 0 fully saturated rings. The molecule has 0 aliphatic carbocycles. The molecule has 3 aromatic rings. The number of fused-ring (bicyclic) bond motifs is 1. The fourth-order valence-electron chi connectivity index (χ4n) is 2.34. The Bertz CT molecular complexity index is 873. The summed E-state index contributed by atoms with van der Waals surface area (Å²) in [5.41, 5.74) is 1.39. The molecule has 5 nitrogen and oxygen atoms in total. The summed E-state index contributed by atoms with van der Waals surface area (Å²) in [5.74, 6) is 2.21. The Morgan fingerprint density at radius 2 is 2.04 bits per heavy atom. The number of carbonyl (C=O) groups excluding carboxylic acids is 1. The molecule has 118 valence electrons. The largest absolute Gasteiger partial charge is 0.465 e. The van der Waals surface area contributed by atoms with Crippen LogP contribution in [0.15, 0.2) is 39.8 Å². The van der Waals surface area contributed by atoms with Gasteiger partial charge < -0.3 is 9.15 Å². The monoisotopic (exact) mass is 328 g/mol. The molecule has 6 heteroatoms.